The fourth-order valence-electron chi connectivity index (χ4n) is 2.43. The minimum absolute atomic E-state index is 0.192. The van der Waals surface area contributed by atoms with Crippen LogP contribution >= 0.6 is 0 Å². The summed E-state index contributed by atoms with van der Waals surface area (Å²) in [6.07, 6.45) is -0.385. The smallest absolute Gasteiger partial charge is 0.109 e. The summed E-state index contributed by atoms with van der Waals surface area (Å²) in [7, 11) is 0. The molecule has 2 bridgehead atoms. The van der Waals surface area contributed by atoms with E-state index < -0.39 is 0 Å². The first kappa shape index (κ1) is 9.84. The van der Waals surface area contributed by atoms with Gasteiger partial charge in [0.05, 0.1) is 11.1 Å². The van der Waals surface area contributed by atoms with E-state index in [9.17, 15) is 0 Å². The van der Waals surface area contributed by atoms with Crippen LogP contribution in [0.3, 0.4) is 0 Å². The van der Waals surface area contributed by atoms with Gasteiger partial charge in [0.15, 0.2) is 0 Å². The molecule has 1 saturated heterocycles. The maximum absolute atomic E-state index is 8.99. The van der Waals surface area contributed by atoms with Crippen molar-refractivity contribution in [2.45, 2.75) is 12.2 Å². The minimum Gasteiger partial charge on any atom is -0.356 e. The maximum atomic E-state index is 8.99. The SMILES string of the molecule is C=C1C(=C)C2OC1c1cc(C#N)c(C#N)cc12. The molecule has 1 aromatic carbocycles. The number of nitrogens with zero attached hydrogens (tertiary/aromatic N) is 2. The molecular weight excluding hydrogens is 212 g/mol. The van der Waals surface area contributed by atoms with Gasteiger partial charge in [-0.05, 0) is 34.4 Å². The van der Waals surface area contributed by atoms with Crippen LogP contribution in [-0.2, 0) is 4.74 Å². The largest absolute Gasteiger partial charge is 0.356 e. The first-order valence-corrected chi connectivity index (χ1v) is 5.19. The van der Waals surface area contributed by atoms with Crippen LogP contribution in [0, 0.1) is 22.7 Å². The monoisotopic (exact) mass is 220 g/mol. The van der Waals surface area contributed by atoms with Crippen LogP contribution in [0.2, 0.25) is 0 Å². The second kappa shape index (κ2) is 3.07. The average Bonchev–Trinajstić information content (AvgIpc) is 2.85. The van der Waals surface area contributed by atoms with Crippen molar-refractivity contribution >= 4 is 0 Å². The lowest BCUT2D eigenvalue weighted by Gasteiger charge is -2.16. The average molecular weight is 220 g/mol. The molecule has 0 saturated carbocycles. The van der Waals surface area contributed by atoms with Crippen LogP contribution in [0.4, 0.5) is 0 Å². The third-order valence-corrected chi connectivity index (χ3v) is 3.35. The van der Waals surface area contributed by atoms with Gasteiger partial charge < -0.3 is 4.74 Å². The Kier molecular flexibility index (Phi) is 1.78. The topological polar surface area (TPSA) is 56.8 Å². The fourth-order valence-corrected chi connectivity index (χ4v) is 2.43. The first-order chi connectivity index (χ1) is 8.17. The summed E-state index contributed by atoms with van der Waals surface area (Å²) in [5.74, 6) is 0. The standard InChI is InChI=1S/C14H8N2O/c1-7-8(2)14-12-4-10(6-16)9(5-15)3-11(12)13(7)17-14/h3-4,13-14H,1-2H2. The first-order valence-electron chi connectivity index (χ1n) is 5.19. The molecule has 0 radical (unpaired) electrons. The highest BCUT2D eigenvalue weighted by molar-refractivity contribution is 5.61. The molecule has 0 aromatic heterocycles. The number of fused-ring (bicyclic) bond motifs is 5. The molecule has 0 aliphatic carbocycles. The molecule has 3 nitrogen and oxygen atoms in total. The maximum Gasteiger partial charge on any atom is 0.109 e. The third kappa shape index (κ3) is 1.07. The molecule has 0 N–H and O–H groups in total. The number of rotatable bonds is 0. The zero-order chi connectivity index (χ0) is 12.2. The molecule has 2 heterocycles. The summed E-state index contributed by atoms with van der Waals surface area (Å²) in [6, 6.07) is 7.53. The van der Waals surface area contributed by atoms with Crippen LogP contribution < -0.4 is 0 Å². The molecule has 3 heteroatoms. The zero-order valence-corrected chi connectivity index (χ0v) is 9.03. The van der Waals surface area contributed by atoms with Gasteiger partial charge in [-0.1, -0.05) is 13.2 Å². The van der Waals surface area contributed by atoms with E-state index in [2.05, 4.69) is 13.2 Å². The fraction of sp³-hybridized carbons (Fsp3) is 0.143. The van der Waals surface area contributed by atoms with Crippen molar-refractivity contribution in [1.29, 1.82) is 10.5 Å². The van der Waals surface area contributed by atoms with Gasteiger partial charge in [-0.2, -0.15) is 10.5 Å². The van der Waals surface area contributed by atoms with Crippen molar-refractivity contribution in [3.8, 4) is 12.1 Å². The van der Waals surface area contributed by atoms with E-state index in [1.807, 2.05) is 12.1 Å². The highest BCUT2D eigenvalue weighted by atomic mass is 16.5. The van der Waals surface area contributed by atoms with Gasteiger partial charge in [0.1, 0.15) is 24.3 Å². The Morgan fingerprint density at radius 2 is 1.35 bits per heavy atom. The second-order valence-corrected chi connectivity index (χ2v) is 4.20. The summed E-state index contributed by atoms with van der Waals surface area (Å²) >= 11 is 0. The van der Waals surface area contributed by atoms with Gasteiger partial charge in [-0.25, -0.2) is 0 Å². The molecule has 1 fully saturated rings. The molecule has 3 rings (SSSR count). The van der Waals surface area contributed by atoms with Crippen LogP contribution in [0.15, 0.2) is 36.4 Å². The van der Waals surface area contributed by atoms with Crippen molar-refractivity contribution < 1.29 is 4.74 Å². The highest BCUT2D eigenvalue weighted by Gasteiger charge is 2.43. The highest BCUT2D eigenvalue weighted by Crippen LogP contribution is 2.55. The van der Waals surface area contributed by atoms with E-state index >= 15 is 0 Å². The lowest BCUT2D eigenvalue weighted by molar-refractivity contribution is 0.0905. The van der Waals surface area contributed by atoms with Crippen molar-refractivity contribution in [3.63, 3.8) is 0 Å². The van der Waals surface area contributed by atoms with Crippen molar-refractivity contribution in [1.82, 2.24) is 0 Å². The molecule has 2 unspecified atom stereocenters. The molecular formula is C14H8N2O. The summed E-state index contributed by atoms with van der Waals surface area (Å²) in [5.41, 5.74) is 4.42. The predicted molar refractivity (Wildman–Crippen MR) is 60.7 cm³/mol. The Bertz CT molecular complexity index is 601. The molecule has 0 amide bonds. The number of nitriles is 2. The molecule has 2 aliphatic heterocycles. The zero-order valence-electron chi connectivity index (χ0n) is 9.03. The summed E-state index contributed by atoms with van der Waals surface area (Å²) in [5, 5.41) is 18.0. The van der Waals surface area contributed by atoms with Gasteiger partial charge in [-0.15, -0.1) is 0 Å². The number of benzene rings is 1. The summed E-state index contributed by atoms with van der Waals surface area (Å²) in [6.45, 7) is 7.88. The van der Waals surface area contributed by atoms with Gasteiger partial charge in [0.25, 0.3) is 0 Å². The number of hydrogen-bond acceptors (Lipinski definition) is 3. The Labute approximate surface area is 98.9 Å². The van der Waals surface area contributed by atoms with E-state index in [0.29, 0.717) is 11.1 Å². The van der Waals surface area contributed by atoms with Gasteiger partial charge in [-0.3, -0.25) is 0 Å². The quantitative estimate of drug-likeness (QED) is 0.675. The molecule has 0 spiro atoms. The lowest BCUT2D eigenvalue weighted by Crippen LogP contribution is -2.04. The van der Waals surface area contributed by atoms with Crippen LogP contribution in [0.1, 0.15) is 34.5 Å². The molecule has 2 atom stereocenters. The van der Waals surface area contributed by atoms with Crippen molar-refractivity contribution in [3.05, 3.63) is 58.7 Å². The Hall–Kier alpha value is -2.36. The van der Waals surface area contributed by atoms with Crippen molar-refractivity contribution in [2.24, 2.45) is 0 Å². The van der Waals surface area contributed by atoms with E-state index in [0.717, 1.165) is 22.3 Å². The Morgan fingerprint density at radius 1 is 0.941 bits per heavy atom. The van der Waals surface area contributed by atoms with Crippen LogP contribution in [-0.4, -0.2) is 0 Å². The summed E-state index contributed by atoms with van der Waals surface area (Å²) < 4.78 is 5.75. The normalized spacial score (nSPS) is 24.4. The molecule has 17 heavy (non-hydrogen) atoms. The van der Waals surface area contributed by atoms with Gasteiger partial charge in [0, 0.05) is 0 Å². The van der Waals surface area contributed by atoms with Crippen LogP contribution in [0.5, 0.6) is 0 Å². The molecule has 2 aliphatic rings. The molecule has 80 valence electrons. The number of hydrogen-bond donors (Lipinski definition) is 0. The van der Waals surface area contributed by atoms with Crippen LogP contribution in [0.25, 0.3) is 0 Å². The third-order valence-electron chi connectivity index (χ3n) is 3.35. The van der Waals surface area contributed by atoms with E-state index in [1.54, 1.807) is 12.1 Å². The summed E-state index contributed by atoms with van der Waals surface area (Å²) in [4.78, 5) is 0. The van der Waals surface area contributed by atoms with E-state index in [-0.39, 0.29) is 12.2 Å². The Morgan fingerprint density at radius 3 is 1.71 bits per heavy atom. The molecule has 1 aromatic rings. The predicted octanol–water partition coefficient (Wildman–Crippen LogP) is 2.67. The van der Waals surface area contributed by atoms with E-state index in [4.69, 9.17) is 15.3 Å². The van der Waals surface area contributed by atoms with Gasteiger partial charge in [0.2, 0.25) is 0 Å². The van der Waals surface area contributed by atoms with E-state index in [1.165, 1.54) is 0 Å². The second-order valence-electron chi connectivity index (χ2n) is 4.20. The van der Waals surface area contributed by atoms with Crippen molar-refractivity contribution in [2.75, 3.05) is 0 Å². The minimum atomic E-state index is -0.192. The number of ether oxygens (including phenoxy) is 1. The Balaban J connectivity index is 2.27. The van der Waals surface area contributed by atoms with Gasteiger partial charge >= 0.3 is 0 Å². The lowest BCUT2D eigenvalue weighted by atomic mass is 9.84.